The van der Waals surface area contributed by atoms with Crippen molar-refractivity contribution in [2.24, 2.45) is 5.92 Å². The van der Waals surface area contributed by atoms with E-state index < -0.39 is 0 Å². The predicted octanol–water partition coefficient (Wildman–Crippen LogP) is 3.95. The first kappa shape index (κ1) is 22.0. The van der Waals surface area contributed by atoms with Crippen LogP contribution in [0.4, 0.5) is 0 Å². The molecule has 1 saturated heterocycles. The third-order valence-corrected chi connectivity index (χ3v) is 6.81. The summed E-state index contributed by atoms with van der Waals surface area (Å²) in [6.45, 7) is 1.20. The molecule has 2 heterocycles. The van der Waals surface area contributed by atoms with Gasteiger partial charge in [-0.25, -0.2) is 0 Å². The monoisotopic (exact) mass is 461 g/mol. The Labute approximate surface area is 192 Å². The number of likely N-dealkylation sites (tertiary alicyclic amines) is 1. The zero-order valence-corrected chi connectivity index (χ0v) is 19.1. The first-order chi connectivity index (χ1) is 15.0. The summed E-state index contributed by atoms with van der Waals surface area (Å²) < 4.78 is 2.09. The highest BCUT2D eigenvalue weighted by Crippen LogP contribution is 2.23. The minimum absolute atomic E-state index is 0.0529. The third-order valence-electron chi connectivity index (χ3n) is 6.25. The van der Waals surface area contributed by atoms with Crippen LogP contribution in [0, 0.1) is 10.7 Å². The molecular weight excluding hydrogens is 434 g/mol. The van der Waals surface area contributed by atoms with Crippen LogP contribution >= 0.6 is 23.8 Å². The molecule has 31 heavy (non-hydrogen) atoms. The second kappa shape index (κ2) is 9.96. The predicted molar refractivity (Wildman–Crippen MR) is 122 cm³/mol. The molecular formula is C22H28ClN5O2S. The van der Waals surface area contributed by atoms with Gasteiger partial charge in [0.15, 0.2) is 10.6 Å². The molecule has 1 aromatic carbocycles. The number of carbonyl (C=O) groups is 2. The molecule has 2 aromatic rings. The van der Waals surface area contributed by atoms with Gasteiger partial charge in [-0.2, -0.15) is 5.10 Å². The third kappa shape index (κ3) is 5.36. The van der Waals surface area contributed by atoms with E-state index in [0.29, 0.717) is 34.7 Å². The van der Waals surface area contributed by atoms with E-state index in [1.54, 1.807) is 21.6 Å². The van der Waals surface area contributed by atoms with E-state index in [1.807, 2.05) is 12.1 Å². The Bertz CT molecular complexity index is 981. The summed E-state index contributed by atoms with van der Waals surface area (Å²) in [7, 11) is 0. The Kier molecular flexibility index (Phi) is 7.07. The van der Waals surface area contributed by atoms with Gasteiger partial charge in [-0.05, 0) is 62.2 Å². The largest absolute Gasteiger partial charge is 0.353 e. The fourth-order valence-electron chi connectivity index (χ4n) is 4.50. The summed E-state index contributed by atoms with van der Waals surface area (Å²) in [4.78, 5) is 27.6. The van der Waals surface area contributed by atoms with Crippen LogP contribution in [0.2, 0.25) is 5.02 Å². The van der Waals surface area contributed by atoms with Crippen LogP contribution in [0.3, 0.4) is 0 Å². The number of rotatable bonds is 5. The highest BCUT2D eigenvalue weighted by atomic mass is 35.5. The number of halogens is 1. The summed E-state index contributed by atoms with van der Waals surface area (Å²) in [5.74, 6) is 0.486. The normalized spacial score (nSPS) is 19.9. The standard InChI is InChI=1S/C22H28ClN5O2S/c23-17-10-8-15(9-11-17)20-25-26-22(31)28(20)14-19(29)27-12-4-5-16(13-27)21(30)24-18-6-2-1-3-7-18/h8-11,16,18H,1-7,12-14H2,(H,24,30)(H,26,31). The van der Waals surface area contributed by atoms with Crippen molar-refractivity contribution in [3.63, 3.8) is 0 Å². The molecule has 1 atom stereocenters. The van der Waals surface area contributed by atoms with Gasteiger partial charge in [0.25, 0.3) is 0 Å². The number of aromatic nitrogens is 3. The summed E-state index contributed by atoms with van der Waals surface area (Å²) in [6.07, 6.45) is 7.40. The number of carbonyl (C=O) groups excluding carboxylic acids is 2. The lowest BCUT2D eigenvalue weighted by Gasteiger charge is -2.33. The molecule has 4 rings (SSSR count). The van der Waals surface area contributed by atoms with E-state index >= 15 is 0 Å². The molecule has 0 radical (unpaired) electrons. The lowest BCUT2D eigenvalue weighted by molar-refractivity contribution is -0.136. The van der Waals surface area contributed by atoms with E-state index in [2.05, 4.69) is 15.5 Å². The second-order valence-corrected chi connectivity index (χ2v) is 9.29. The number of nitrogens with zero attached hydrogens (tertiary/aromatic N) is 3. The van der Waals surface area contributed by atoms with Crippen LogP contribution in [0.5, 0.6) is 0 Å². The van der Waals surface area contributed by atoms with Gasteiger partial charge in [-0.15, -0.1) is 0 Å². The SMILES string of the molecule is O=C(NC1CCCCC1)C1CCCN(C(=O)Cn2c(-c3ccc(Cl)cc3)n[nH]c2=S)C1. The maximum atomic E-state index is 13.1. The van der Waals surface area contributed by atoms with Crippen molar-refractivity contribution in [1.29, 1.82) is 0 Å². The van der Waals surface area contributed by atoms with Gasteiger partial charge >= 0.3 is 0 Å². The smallest absolute Gasteiger partial charge is 0.242 e. The molecule has 2 aliphatic rings. The first-order valence-electron chi connectivity index (χ1n) is 11.0. The molecule has 166 valence electrons. The Morgan fingerprint density at radius 1 is 1.13 bits per heavy atom. The quantitative estimate of drug-likeness (QED) is 0.660. The Morgan fingerprint density at radius 2 is 1.87 bits per heavy atom. The summed E-state index contributed by atoms with van der Waals surface area (Å²) >= 11 is 11.3. The van der Waals surface area contributed by atoms with E-state index in [0.717, 1.165) is 31.2 Å². The van der Waals surface area contributed by atoms with Gasteiger partial charge in [0.1, 0.15) is 6.54 Å². The van der Waals surface area contributed by atoms with Crippen molar-refractivity contribution in [2.75, 3.05) is 13.1 Å². The van der Waals surface area contributed by atoms with Crippen molar-refractivity contribution in [3.05, 3.63) is 34.1 Å². The van der Waals surface area contributed by atoms with Crippen molar-refractivity contribution in [2.45, 2.75) is 57.5 Å². The fraction of sp³-hybridized carbons (Fsp3) is 0.545. The minimum Gasteiger partial charge on any atom is -0.353 e. The molecule has 2 fully saturated rings. The van der Waals surface area contributed by atoms with Crippen LogP contribution in [-0.2, 0) is 16.1 Å². The molecule has 1 aromatic heterocycles. The van der Waals surface area contributed by atoms with E-state index in [1.165, 1.54) is 19.3 Å². The highest BCUT2D eigenvalue weighted by molar-refractivity contribution is 7.71. The number of hydrogen-bond donors (Lipinski definition) is 2. The number of amides is 2. The molecule has 2 N–H and O–H groups in total. The maximum absolute atomic E-state index is 13.1. The minimum atomic E-state index is -0.146. The molecule has 1 saturated carbocycles. The number of benzene rings is 1. The number of nitrogens with one attached hydrogen (secondary N) is 2. The summed E-state index contributed by atoms with van der Waals surface area (Å²) in [6, 6.07) is 7.54. The van der Waals surface area contributed by atoms with Crippen LogP contribution in [0.1, 0.15) is 44.9 Å². The molecule has 0 bridgehead atoms. The molecule has 0 spiro atoms. The van der Waals surface area contributed by atoms with Crippen molar-refractivity contribution >= 4 is 35.6 Å². The zero-order valence-electron chi connectivity index (χ0n) is 17.5. The van der Waals surface area contributed by atoms with Crippen LogP contribution in [0.15, 0.2) is 24.3 Å². The Morgan fingerprint density at radius 3 is 2.61 bits per heavy atom. The topological polar surface area (TPSA) is 83.0 Å². The molecule has 1 unspecified atom stereocenters. The average molecular weight is 462 g/mol. The van der Waals surface area contributed by atoms with Gasteiger partial charge in [0.2, 0.25) is 11.8 Å². The van der Waals surface area contributed by atoms with Gasteiger partial charge in [-0.1, -0.05) is 30.9 Å². The lowest BCUT2D eigenvalue weighted by atomic mass is 9.93. The van der Waals surface area contributed by atoms with Gasteiger partial charge in [-0.3, -0.25) is 19.3 Å². The van der Waals surface area contributed by atoms with Crippen molar-refractivity contribution < 1.29 is 9.59 Å². The van der Waals surface area contributed by atoms with Crippen LogP contribution in [-0.4, -0.2) is 50.6 Å². The highest BCUT2D eigenvalue weighted by Gasteiger charge is 2.30. The van der Waals surface area contributed by atoms with Crippen molar-refractivity contribution in [1.82, 2.24) is 25.0 Å². The molecule has 7 nitrogen and oxygen atoms in total. The van der Waals surface area contributed by atoms with E-state index in [9.17, 15) is 9.59 Å². The first-order valence-corrected chi connectivity index (χ1v) is 11.8. The number of hydrogen-bond acceptors (Lipinski definition) is 4. The number of aromatic amines is 1. The number of piperidine rings is 1. The van der Waals surface area contributed by atoms with Gasteiger partial charge in [0, 0.05) is 29.7 Å². The van der Waals surface area contributed by atoms with E-state index in [4.69, 9.17) is 23.8 Å². The summed E-state index contributed by atoms with van der Waals surface area (Å²) in [5, 5.41) is 10.9. The fourth-order valence-corrected chi connectivity index (χ4v) is 4.83. The van der Waals surface area contributed by atoms with Gasteiger partial charge < -0.3 is 10.2 Å². The molecule has 1 aliphatic carbocycles. The summed E-state index contributed by atoms with van der Waals surface area (Å²) in [5.41, 5.74) is 0.827. The van der Waals surface area contributed by atoms with Crippen LogP contribution < -0.4 is 5.32 Å². The van der Waals surface area contributed by atoms with Crippen LogP contribution in [0.25, 0.3) is 11.4 Å². The molecule has 9 heteroatoms. The average Bonchev–Trinajstić information content (AvgIpc) is 3.15. The second-order valence-electron chi connectivity index (χ2n) is 8.47. The molecule has 2 amide bonds. The van der Waals surface area contributed by atoms with E-state index in [-0.39, 0.29) is 24.3 Å². The zero-order chi connectivity index (χ0) is 21.8. The Balaban J connectivity index is 1.41. The van der Waals surface area contributed by atoms with Crippen molar-refractivity contribution in [3.8, 4) is 11.4 Å². The lowest BCUT2D eigenvalue weighted by Crippen LogP contribution is -2.48. The molecule has 1 aliphatic heterocycles. The number of H-pyrrole nitrogens is 1. The maximum Gasteiger partial charge on any atom is 0.242 e. The van der Waals surface area contributed by atoms with Gasteiger partial charge in [0.05, 0.1) is 5.92 Å². The Hall–Kier alpha value is -2.19.